The average molecular weight is 389 g/mol. The largest absolute Gasteiger partial charge is 0.378 e. The number of hydrogen-bond donors (Lipinski definition) is 0. The van der Waals surface area contributed by atoms with Gasteiger partial charge < -0.3 is 4.74 Å². The Bertz CT molecular complexity index is 557. The van der Waals surface area contributed by atoms with E-state index in [1.165, 1.54) is 77.0 Å². The normalized spacial score (nSPS) is 45.4. The van der Waals surface area contributed by atoms with Crippen LogP contribution in [0, 0.1) is 34.5 Å². The number of unbranched alkanes of at least 4 members (excludes halogenated alkanes) is 4. The lowest BCUT2D eigenvalue weighted by Crippen LogP contribution is -2.54. The standard InChI is InChI=1S/C26H44O2/c1-4-5-6-7-8-17-28-24-12-11-22-21-10-9-19-18-20(27)13-15-25(19,2)23(21)14-16-26(22,24)3/h19,21-24H,4-18H2,1-3H3/t19-,21-,22-,23-,24?,25-,26-/m0/s1. The lowest BCUT2D eigenvalue weighted by Gasteiger charge is -2.60. The molecule has 4 aliphatic carbocycles. The lowest BCUT2D eigenvalue weighted by molar-refractivity contribution is -0.145. The van der Waals surface area contributed by atoms with Gasteiger partial charge in [0.25, 0.3) is 0 Å². The van der Waals surface area contributed by atoms with Crippen molar-refractivity contribution < 1.29 is 9.53 Å². The van der Waals surface area contributed by atoms with Crippen LogP contribution in [0.4, 0.5) is 0 Å². The van der Waals surface area contributed by atoms with Gasteiger partial charge in [0.2, 0.25) is 0 Å². The Labute approximate surface area is 173 Å². The first-order chi connectivity index (χ1) is 13.5. The molecule has 28 heavy (non-hydrogen) atoms. The van der Waals surface area contributed by atoms with Crippen LogP contribution < -0.4 is 0 Å². The van der Waals surface area contributed by atoms with Crippen molar-refractivity contribution in [2.45, 2.75) is 117 Å². The third-order valence-corrected chi connectivity index (χ3v) is 9.96. The molecule has 0 amide bonds. The molecule has 7 atom stereocenters. The van der Waals surface area contributed by atoms with E-state index in [9.17, 15) is 4.79 Å². The lowest BCUT2D eigenvalue weighted by atomic mass is 9.45. The molecule has 4 fully saturated rings. The molecule has 0 saturated heterocycles. The van der Waals surface area contributed by atoms with Crippen molar-refractivity contribution in [3.05, 3.63) is 0 Å². The van der Waals surface area contributed by atoms with Crippen molar-refractivity contribution in [3.63, 3.8) is 0 Å². The Kier molecular flexibility index (Phi) is 6.27. The third kappa shape index (κ3) is 3.61. The Balaban J connectivity index is 1.37. The van der Waals surface area contributed by atoms with E-state index >= 15 is 0 Å². The third-order valence-electron chi connectivity index (χ3n) is 9.96. The molecule has 0 aromatic rings. The fraction of sp³-hybridized carbons (Fsp3) is 0.962. The van der Waals surface area contributed by atoms with Gasteiger partial charge in [0.05, 0.1) is 6.10 Å². The summed E-state index contributed by atoms with van der Waals surface area (Å²) in [6, 6.07) is 0. The van der Waals surface area contributed by atoms with Crippen LogP contribution in [-0.4, -0.2) is 18.5 Å². The first-order valence-corrected chi connectivity index (χ1v) is 12.6. The average Bonchev–Trinajstić information content (AvgIpc) is 3.01. The van der Waals surface area contributed by atoms with E-state index in [1.807, 2.05) is 0 Å². The highest BCUT2D eigenvalue weighted by molar-refractivity contribution is 5.79. The van der Waals surface area contributed by atoms with Crippen LogP contribution in [0.25, 0.3) is 0 Å². The second kappa shape index (κ2) is 8.40. The van der Waals surface area contributed by atoms with E-state index < -0.39 is 0 Å². The Hall–Kier alpha value is -0.370. The number of ketones is 1. The number of Topliss-reactive ketones (excluding diaryl/α,β-unsaturated/α-hetero) is 1. The maximum absolute atomic E-state index is 12.1. The van der Waals surface area contributed by atoms with Gasteiger partial charge in [0.1, 0.15) is 5.78 Å². The fourth-order valence-corrected chi connectivity index (χ4v) is 8.20. The van der Waals surface area contributed by atoms with E-state index in [0.717, 1.165) is 37.2 Å². The molecule has 0 heterocycles. The second-order valence-electron chi connectivity index (χ2n) is 11.3. The summed E-state index contributed by atoms with van der Waals surface area (Å²) in [4.78, 5) is 12.1. The van der Waals surface area contributed by atoms with Gasteiger partial charge in [-0.15, -0.1) is 0 Å². The van der Waals surface area contributed by atoms with Crippen molar-refractivity contribution in [1.29, 1.82) is 0 Å². The minimum absolute atomic E-state index is 0.415. The predicted octanol–water partition coefficient (Wildman–Crippen LogP) is 6.95. The summed E-state index contributed by atoms with van der Waals surface area (Å²) in [7, 11) is 0. The maximum atomic E-state index is 12.1. The Morgan fingerprint density at radius 3 is 2.50 bits per heavy atom. The van der Waals surface area contributed by atoms with Gasteiger partial charge >= 0.3 is 0 Å². The van der Waals surface area contributed by atoms with E-state index in [1.54, 1.807) is 0 Å². The molecule has 0 radical (unpaired) electrons. The summed E-state index contributed by atoms with van der Waals surface area (Å²) in [5.41, 5.74) is 0.856. The van der Waals surface area contributed by atoms with Gasteiger partial charge in [-0.2, -0.15) is 0 Å². The summed E-state index contributed by atoms with van der Waals surface area (Å²) in [5.74, 6) is 3.84. The molecule has 1 unspecified atom stereocenters. The molecular weight excluding hydrogens is 344 g/mol. The van der Waals surface area contributed by atoms with Crippen molar-refractivity contribution in [1.82, 2.24) is 0 Å². The second-order valence-corrected chi connectivity index (χ2v) is 11.3. The summed E-state index contributed by atoms with van der Waals surface area (Å²) in [6.45, 7) is 8.39. The number of fused-ring (bicyclic) bond motifs is 5. The first kappa shape index (κ1) is 20.9. The Morgan fingerprint density at radius 1 is 0.893 bits per heavy atom. The summed E-state index contributed by atoms with van der Waals surface area (Å²) < 4.78 is 6.54. The van der Waals surface area contributed by atoms with E-state index in [-0.39, 0.29) is 0 Å². The van der Waals surface area contributed by atoms with Crippen LogP contribution in [0.5, 0.6) is 0 Å². The zero-order chi connectivity index (χ0) is 19.8. The van der Waals surface area contributed by atoms with Crippen LogP contribution in [0.15, 0.2) is 0 Å². The van der Waals surface area contributed by atoms with E-state index in [2.05, 4.69) is 20.8 Å². The van der Waals surface area contributed by atoms with Gasteiger partial charge in [-0.1, -0.05) is 46.5 Å². The SMILES string of the molecule is CCCCCCCOC1CC[C@H]2[C@@H]3CC[C@H]4CC(=O)CC[C@]4(C)[C@H]3CC[C@]12C. The zero-order valence-electron chi connectivity index (χ0n) is 18.8. The van der Waals surface area contributed by atoms with Crippen molar-refractivity contribution in [2.24, 2.45) is 34.5 Å². The van der Waals surface area contributed by atoms with Gasteiger partial charge in [0.15, 0.2) is 0 Å². The van der Waals surface area contributed by atoms with Crippen LogP contribution in [-0.2, 0) is 9.53 Å². The number of carbonyl (C=O) groups is 1. The van der Waals surface area contributed by atoms with Gasteiger partial charge in [-0.25, -0.2) is 0 Å². The molecule has 0 aliphatic heterocycles. The molecular formula is C26H44O2. The molecule has 4 saturated carbocycles. The maximum Gasteiger partial charge on any atom is 0.133 e. The highest BCUT2D eigenvalue weighted by atomic mass is 16.5. The molecule has 0 aromatic carbocycles. The van der Waals surface area contributed by atoms with Gasteiger partial charge in [0, 0.05) is 19.4 Å². The molecule has 0 aromatic heterocycles. The van der Waals surface area contributed by atoms with Gasteiger partial charge in [-0.3, -0.25) is 4.79 Å². The number of rotatable bonds is 7. The number of ether oxygens (including phenoxy) is 1. The molecule has 4 aliphatic rings. The summed E-state index contributed by atoms with van der Waals surface area (Å²) in [5, 5.41) is 0. The monoisotopic (exact) mass is 388 g/mol. The highest BCUT2D eigenvalue weighted by Crippen LogP contribution is 2.66. The quantitative estimate of drug-likeness (QED) is 0.441. The smallest absolute Gasteiger partial charge is 0.133 e. The fourth-order valence-electron chi connectivity index (χ4n) is 8.20. The minimum Gasteiger partial charge on any atom is -0.378 e. The molecule has 160 valence electrons. The molecule has 0 spiro atoms. The topological polar surface area (TPSA) is 26.3 Å². The first-order valence-electron chi connectivity index (χ1n) is 12.6. The van der Waals surface area contributed by atoms with E-state index in [4.69, 9.17) is 4.74 Å². The summed E-state index contributed by atoms with van der Waals surface area (Å²) >= 11 is 0. The van der Waals surface area contributed by atoms with Crippen molar-refractivity contribution in [2.75, 3.05) is 6.61 Å². The highest BCUT2D eigenvalue weighted by Gasteiger charge is 2.60. The zero-order valence-corrected chi connectivity index (χ0v) is 18.8. The van der Waals surface area contributed by atoms with Crippen LogP contribution in [0.3, 0.4) is 0 Å². The van der Waals surface area contributed by atoms with Gasteiger partial charge in [-0.05, 0) is 85.9 Å². The molecule has 0 N–H and O–H groups in total. The van der Waals surface area contributed by atoms with Crippen molar-refractivity contribution >= 4 is 5.78 Å². The minimum atomic E-state index is 0.415. The molecule has 2 heteroatoms. The van der Waals surface area contributed by atoms with Crippen molar-refractivity contribution in [3.8, 4) is 0 Å². The Morgan fingerprint density at radius 2 is 1.68 bits per heavy atom. The predicted molar refractivity (Wildman–Crippen MR) is 115 cm³/mol. The molecule has 2 nitrogen and oxygen atoms in total. The number of carbonyl (C=O) groups excluding carboxylic acids is 1. The molecule has 0 bridgehead atoms. The summed E-state index contributed by atoms with van der Waals surface area (Å²) in [6.07, 6.45) is 18.1. The number of hydrogen-bond acceptors (Lipinski definition) is 2. The van der Waals surface area contributed by atoms with Crippen LogP contribution in [0.2, 0.25) is 0 Å². The molecule has 4 rings (SSSR count). The van der Waals surface area contributed by atoms with Crippen LogP contribution >= 0.6 is 0 Å². The van der Waals surface area contributed by atoms with E-state index in [0.29, 0.717) is 28.6 Å². The van der Waals surface area contributed by atoms with Crippen LogP contribution in [0.1, 0.15) is 111 Å².